The van der Waals surface area contributed by atoms with E-state index in [1.807, 2.05) is 18.2 Å². The molecule has 1 saturated carbocycles. The van der Waals surface area contributed by atoms with E-state index in [0.29, 0.717) is 43.3 Å². The molecule has 9 nitrogen and oxygen atoms in total. The minimum absolute atomic E-state index is 0.159. The Morgan fingerprint density at radius 2 is 1.76 bits per heavy atom. The van der Waals surface area contributed by atoms with E-state index in [9.17, 15) is 9.59 Å². The monoisotopic (exact) mass is 391 g/mol. The summed E-state index contributed by atoms with van der Waals surface area (Å²) in [5, 5.41) is 2.95. The van der Waals surface area contributed by atoms with Crippen LogP contribution in [0.2, 0.25) is 0 Å². The van der Waals surface area contributed by atoms with Crippen molar-refractivity contribution in [1.82, 2.24) is 29.6 Å². The Kier molecular flexibility index (Phi) is 4.34. The minimum Gasteiger partial charge on any atom is -0.347 e. The summed E-state index contributed by atoms with van der Waals surface area (Å²) in [6, 6.07) is 7.51. The van der Waals surface area contributed by atoms with Gasteiger partial charge in [0.1, 0.15) is 0 Å². The Morgan fingerprint density at radius 3 is 2.48 bits per heavy atom. The number of carbonyl (C=O) groups is 2. The molecule has 1 saturated heterocycles. The van der Waals surface area contributed by atoms with E-state index in [-0.39, 0.29) is 23.7 Å². The van der Waals surface area contributed by atoms with E-state index in [1.54, 1.807) is 34.0 Å². The number of hydrogen-bond donors (Lipinski definition) is 1. The number of hydrogen-bond acceptors (Lipinski definition) is 6. The molecule has 0 aromatic carbocycles. The molecule has 4 heterocycles. The lowest BCUT2D eigenvalue weighted by molar-refractivity contribution is 0.0743. The van der Waals surface area contributed by atoms with Crippen molar-refractivity contribution in [3.63, 3.8) is 0 Å². The lowest BCUT2D eigenvalue weighted by Gasteiger charge is -2.34. The van der Waals surface area contributed by atoms with Gasteiger partial charge in [-0.2, -0.15) is 0 Å². The minimum atomic E-state index is -0.237. The van der Waals surface area contributed by atoms with Gasteiger partial charge in [0.05, 0.1) is 5.52 Å². The Morgan fingerprint density at radius 1 is 1.00 bits per heavy atom. The molecule has 2 aliphatic rings. The largest absolute Gasteiger partial charge is 0.347 e. The first kappa shape index (κ1) is 17.6. The van der Waals surface area contributed by atoms with Gasteiger partial charge in [-0.05, 0) is 31.0 Å². The number of rotatable bonds is 4. The Labute approximate surface area is 167 Å². The number of carbonyl (C=O) groups excluding carboxylic acids is 2. The van der Waals surface area contributed by atoms with Crippen LogP contribution in [0.3, 0.4) is 0 Å². The standard InChI is InChI=1S/C20H21N7O2/c28-18(23-14-5-6-14)17-24-16(15-4-1-2-9-27(15)17)19(29)25-10-12-26(13-11-25)20-21-7-3-8-22-20/h1-4,7-9,14H,5-6,10-13H2,(H,23,28). The van der Waals surface area contributed by atoms with E-state index >= 15 is 0 Å². The molecule has 0 atom stereocenters. The van der Waals surface area contributed by atoms with Crippen LogP contribution in [0.25, 0.3) is 5.52 Å². The first-order chi connectivity index (χ1) is 14.2. The maximum absolute atomic E-state index is 13.2. The van der Waals surface area contributed by atoms with Crippen molar-refractivity contribution in [3.8, 4) is 0 Å². The number of nitrogens with one attached hydrogen (secondary N) is 1. The van der Waals surface area contributed by atoms with Gasteiger partial charge in [0, 0.05) is 50.8 Å². The predicted molar refractivity (Wildman–Crippen MR) is 106 cm³/mol. The lowest BCUT2D eigenvalue weighted by Crippen LogP contribution is -2.49. The zero-order chi connectivity index (χ0) is 19.8. The van der Waals surface area contributed by atoms with Crippen LogP contribution in [0.4, 0.5) is 5.95 Å². The molecule has 0 bridgehead atoms. The highest BCUT2D eigenvalue weighted by Gasteiger charge is 2.30. The number of fused-ring (bicyclic) bond motifs is 1. The smallest absolute Gasteiger partial charge is 0.287 e. The molecule has 0 radical (unpaired) electrons. The molecule has 3 aromatic rings. The van der Waals surface area contributed by atoms with Gasteiger partial charge < -0.3 is 15.1 Å². The maximum Gasteiger partial charge on any atom is 0.287 e. The first-order valence-electron chi connectivity index (χ1n) is 9.80. The van der Waals surface area contributed by atoms with Crippen molar-refractivity contribution in [2.24, 2.45) is 0 Å². The molecule has 1 aliphatic carbocycles. The summed E-state index contributed by atoms with van der Waals surface area (Å²) in [5.74, 6) is 0.532. The second kappa shape index (κ2) is 7.16. The van der Waals surface area contributed by atoms with Gasteiger partial charge in [-0.3, -0.25) is 14.0 Å². The van der Waals surface area contributed by atoms with Gasteiger partial charge in [0.2, 0.25) is 11.8 Å². The van der Waals surface area contributed by atoms with Crippen molar-refractivity contribution in [2.75, 3.05) is 31.1 Å². The van der Waals surface area contributed by atoms with Crippen molar-refractivity contribution >= 4 is 23.3 Å². The molecule has 0 spiro atoms. The van der Waals surface area contributed by atoms with Gasteiger partial charge in [-0.25, -0.2) is 15.0 Å². The molecule has 148 valence electrons. The molecule has 5 rings (SSSR count). The van der Waals surface area contributed by atoms with Gasteiger partial charge in [0.25, 0.3) is 11.8 Å². The maximum atomic E-state index is 13.2. The Balaban J connectivity index is 1.37. The van der Waals surface area contributed by atoms with Gasteiger partial charge >= 0.3 is 0 Å². The van der Waals surface area contributed by atoms with Gasteiger partial charge in [-0.15, -0.1) is 0 Å². The van der Waals surface area contributed by atoms with Crippen molar-refractivity contribution < 1.29 is 9.59 Å². The Bertz CT molecular complexity index is 1050. The zero-order valence-corrected chi connectivity index (χ0v) is 15.9. The summed E-state index contributed by atoms with van der Waals surface area (Å²) in [6.45, 7) is 2.40. The van der Waals surface area contributed by atoms with E-state index in [4.69, 9.17) is 0 Å². The SMILES string of the molecule is O=C(NC1CC1)c1nc(C(=O)N2CCN(c3ncccn3)CC2)c2ccccn12. The number of pyridine rings is 1. The summed E-state index contributed by atoms with van der Waals surface area (Å²) in [7, 11) is 0. The molecule has 0 unspecified atom stereocenters. The average molecular weight is 391 g/mol. The summed E-state index contributed by atoms with van der Waals surface area (Å²) >= 11 is 0. The van der Waals surface area contributed by atoms with E-state index in [0.717, 1.165) is 12.8 Å². The van der Waals surface area contributed by atoms with Crippen LogP contribution in [0.5, 0.6) is 0 Å². The highest BCUT2D eigenvalue weighted by Crippen LogP contribution is 2.21. The molecule has 3 aromatic heterocycles. The van der Waals surface area contributed by atoms with Crippen LogP contribution in [-0.2, 0) is 0 Å². The second-order valence-electron chi connectivity index (χ2n) is 7.32. The lowest BCUT2D eigenvalue weighted by atomic mass is 10.2. The molecule has 9 heteroatoms. The van der Waals surface area contributed by atoms with Crippen molar-refractivity contribution in [1.29, 1.82) is 0 Å². The molecule has 1 aliphatic heterocycles. The first-order valence-corrected chi connectivity index (χ1v) is 9.80. The number of nitrogens with zero attached hydrogens (tertiary/aromatic N) is 6. The fraction of sp³-hybridized carbons (Fsp3) is 0.350. The van der Waals surface area contributed by atoms with Gasteiger partial charge in [0.15, 0.2) is 5.69 Å². The fourth-order valence-corrected chi connectivity index (χ4v) is 3.55. The van der Waals surface area contributed by atoms with Crippen LogP contribution < -0.4 is 10.2 Å². The Hall–Kier alpha value is -3.49. The van der Waals surface area contributed by atoms with Crippen LogP contribution >= 0.6 is 0 Å². The molecular formula is C20H21N7O2. The quantitative estimate of drug-likeness (QED) is 0.712. The van der Waals surface area contributed by atoms with Gasteiger partial charge in [-0.1, -0.05) is 6.07 Å². The van der Waals surface area contributed by atoms with E-state index in [2.05, 4.69) is 25.2 Å². The molecule has 2 fully saturated rings. The number of amides is 2. The average Bonchev–Trinajstić information content (AvgIpc) is 3.50. The summed E-state index contributed by atoms with van der Waals surface area (Å²) in [5.41, 5.74) is 0.961. The van der Waals surface area contributed by atoms with Crippen LogP contribution in [-0.4, -0.2) is 68.3 Å². The number of anilines is 1. The second-order valence-corrected chi connectivity index (χ2v) is 7.32. The summed E-state index contributed by atoms with van der Waals surface area (Å²) < 4.78 is 1.69. The fourth-order valence-electron chi connectivity index (χ4n) is 3.55. The zero-order valence-electron chi connectivity index (χ0n) is 15.9. The third-order valence-corrected chi connectivity index (χ3v) is 5.27. The molecule has 1 N–H and O–H groups in total. The number of piperazine rings is 1. The van der Waals surface area contributed by atoms with Crippen LogP contribution in [0.15, 0.2) is 42.9 Å². The normalized spacial score (nSPS) is 16.8. The van der Waals surface area contributed by atoms with E-state index in [1.165, 1.54) is 0 Å². The van der Waals surface area contributed by atoms with Crippen molar-refractivity contribution in [3.05, 3.63) is 54.4 Å². The third-order valence-electron chi connectivity index (χ3n) is 5.27. The predicted octanol–water partition coefficient (Wildman–Crippen LogP) is 0.979. The number of aromatic nitrogens is 4. The highest BCUT2D eigenvalue weighted by molar-refractivity contribution is 6.02. The molecule has 29 heavy (non-hydrogen) atoms. The third kappa shape index (κ3) is 3.39. The summed E-state index contributed by atoms with van der Waals surface area (Å²) in [4.78, 5) is 42.6. The van der Waals surface area contributed by atoms with Crippen LogP contribution in [0, 0.1) is 0 Å². The highest BCUT2D eigenvalue weighted by atomic mass is 16.2. The number of imidazole rings is 1. The molecule has 2 amide bonds. The molecular weight excluding hydrogens is 370 g/mol. The topological polar surface area (TPSA) is 95.7 Å². The van der Waals surface area contributed by atoms with Crippen molar-refractivity contribution in [2.45, 2.75) is 18.9 Å². The van der Waals surface area contributed by atoms with E-state index < -0.39 is 0 Å². The summed E-state index contributed by atoms with van der Waals surface area (Å²) in [6.07, 6.45) is 7.19. The van der Waals surface area contributed by atoms with Crippen LogP contribution in [0.1, 0.15) is 33.9 Å².